The lowest BCUT2D eigenvalue weighted by Crippen LogP contribution is -2.36. The minimum Gasteiger partial charge on any atom is -0.468 e. The van der Waals surface area contributed by atoms with Crippen LogP contribution in [-0.4, -0.2) is 35.6 Å². The highest BCUT2D eigenvalue weighted by Gasteiger charge is 2.17. The normalized spacial score (nSPS) is 10.2. The molecule has 0 bridgehead atoms. The Balaban J connectivity index is 2.92. The molecule has 7 nitrogen and oxygen atoms in total. The van der Waals surface area contributed by atoms with Gasteiger partial charge in [0, 0.05) is 12.1 Å². The van der Waals surface area contributed by atoms with Gasteiger partial charge in [0.2, 0.25) is 0 Å². The Morgan fingerprint density at radius 1 is 1.56 bits per heavy atom. The third kappa shape index (κ3) is 3.41. The Kier molecular flexibility index (Phi) is 4.59. The molecule has 0 unspecified atom stereocenters. The number of anilines is 1. The summed E-state index contributed by atoms with van der Waals surface area (Å²) in [5, 5.41) is 10.5. The summed E-state index contributed by atoms with van der Waals surface area (Å²) in [6.07, 6.45) is 1.17. The van der Waals surface area contributed by atoms with Gasteiger partial charge in [-0.2, -0.15) is 0 Å². The summed E-state index contributed by atoms with van der Waals surface area (Å²) in [5.74, 6) is 0.116. The fraction of sp³-hybridized carbons (Fsp3) is 0.455. The topological polar surface area (TPSA) is 85.6 Å². The molecule has 1 heterocycles. The number of nitro groups is 1. The number of hydrogen-bond acceptors (Lipinski definition) is 6. The molecule has 0 atom stereocenters. The average molecular weight is 253 g/mol. The fourth-order valence-electron chi connectivity index (χ4n) is 1.39. The van der Waals surface area contributed by atoms with Crippen LogP contribution in [0, 0.1) is 10.1 Å². The van der Waals surface area contributed by atoms with E-state index < -0.39 is 4.92 Å². The van der Waals surface area contributed by atoms with Gasteiger partial charge in [0.15, 0.2) is 0 Å². The lowest BCUT2D eigenvalue weighted by atomic mass is 10.3. The van der Waals surface area contributed by atoms with E-state index in [0.717, 1.165) is 0 Å². The maximum absolute atomic E-state index is 11.3. The first-order valence-electron chi connectivity index (χ1n) is 5.39. The van der Waals surface area contributed by atoms with Crippen LogP contribution >= 0.6 is 0 Å². The van der Waals surface area contributed by atoms with E-state index in [1.807, 2.05) is 13.8 Å². The second-order valence-electron chi connectivity index (χ2n) is 3.93. The lowest BCUT2D eigenvalue weighted by Gasteiger charge is -2.26. The van der Waals surface area contributed by atoms with Crippen LogP contribution in [0.25, 0.3) is 0 Å². The second-order valence-corrected chi connectivity index (χ2v) is 3.93. The summed E-state index contributed by atoms with van der Waals surface area (Å²) in [4.78, 5) is 27.0. The van der Waals surface area contributed by atoms with Crippen LogP contribution in [0.2, 0.25) is 0 Å². The number of pyridine rings is 1. The molecular formula is C11H15N3O4. The number of rotatable bonds is 5. The molecule has 0 aliphatic heterocycles. The van der Waals surface area contributed by atoms with E-state index in [1.54, 1.807) is 4.90 Å². The number of esters is 1. The first-order valence-corrected chi connectivity index (χ1v) is 5.39. The van der Waals surface area contributed by atoms with Gasteiger partial charge in [-0.25, -0.2) is 4.98 Å². The van der Waals surface area contributed by atoms with Crippen molar-refractivity contribution >= 4 is 17.5 Å². The van der Waals surface area contributed by atoms with E-state index in [9.17, 15) is 14.9 Å². The van der Waals surface area contributed by atoms with E-state index in [4.69, 9.17) is 0 Å². The van der Waals surface area contributed by atoms with Gasteiger partial charge in [-0.15, -0.1) is 0 Å². The van der Waals surface area contributed by atoms with Crippen LogP contribution in [0.4, 0.5) is 11.5 Å². The maximum atomic E-state index is 11.3. The van der Waals surface area contributed by atoms with Crippen molar-refractivity contribution in [1.82, 2.24) is 4.98 Å². The molecule has 1 aromatic heterocycles. The molecule has 0 saturated heterocycles. The summed E-state index contributed by atoms with van der Waals surface area (Å²) in [6.45, 7) is 3.84. The highest BCUT2D eigenvalue weighted by molar-refractivity contribution is 5.75. The molecule has 1 rings (SSSR count). The van der Waals surface area contributed by atoms with E-state index in [-0.39, 0.29) is 24.2 Å². The van der Waals surface area contributed by atoms with Gasteiger partial charge in [-0.1, -0.05) is 0 Å². The van der Waals surface area contributed by atoms with Crippen molar-refractivity contribution in [2.45, 2.75) is 19.9 Å². The first-order chi connectivity index (χ1) is 8.45. The second kappa shape index (κ2) is 5.95. The molecule has 7 heteroatoms. The van der Waals surface area contributed by atoms with Gasteiger partial charge < -0.3 is 9.64 Å². The highest BCUT2D eigenvalue weighted by Crippen LogP contribution is 2.17. The van der Waals surface area contributed by atoms with E-state index >= 15 is 0 Å². The Bertz CT molecular complexity index is 430. The molecule has 0 aliphatic rings. The van der Waals surface area contributed by atoms with Crippen molar-refractivity contribution in [3.63, 3.8) is 0 Å². The third-order valence-corrected chi connectivity index (χ3v) is 2.39. The monoisotopic (exact) mass is 253 g/mol. The molecule has 0 aliphatic carbocycles. The van der Waals surface area contributed by atoms with Crippen molar-refractivity contribution in [1.29, 1.82) is 0 Å². The first kappa shape index (κ1) is 13.9. The van der Waals surface area contributed by atoms with Crippen molar-refractivity contribution < 1.29 is 14.5 Å². The minimum atomic E-state index is -0.517. The van der Waals surface area contributed by atoms with Crippen molar-refractivity contribution in [3.8, 4) is 0 Å². The Morgan fingerprint density at radius 2 is 2.22 bits per heavy atom. The Hall–Kier alpha value is -2.18. The lowest BCUT2D eigenvalue weighted by molar-refractivity contribution is -0.385. The third-order valence-electron chi connectivity index (χ3n) is 2.39. The smallest absolute Gasteiger partial charge is 0.325 e. The molecule has 18 heavy (non-hydrogen) atoms. The summed E-state index contributed by atoms with van der Waals surface area (Å²) in [7, 11) is 1.31. The number of carbonyl (C=O) groups excluding carboxylic acids is 1. The van der Waals surface area contributed by atoms with Crippen LogP contribution in [0.3, 0.4) is 0 Å². The zero-order valence-corrected chi connectivity index (χ0v) is 10.5. The zero-order chi connectivity index (χ0) is 13.7. The van der Waals surface area contributed by atoms with Gasteiger partial charge in [0.05, 0.1) is 12.0 Å². The van der Waals surface area contributed by atoms with Crippen molar-refractivity contribution in [2.75, 3.05) is 18.6 Å². The van der Waals surface area contributed by atoms with Crippen molar-refractivity contribution in [2.24, 2.45) is 0 Å². The summed E-state index contributed by atoms with van der Waals surface area (Å²) < 4.78 is 4.60. The summed E-state index contributed by atoms with van der Waals surface area (Å²) >= 11 is 0. The molecule has 98 valence electrons. The molecule has 0 amide bonds. The number of ether oxygens (including phenoxy) is 1. The molecule has 0 N–H and O–H groups in total. The molecule has 0 spiro atoms. The number of nitrogens with zero attached hydrogens (tertiary/aromatic N) is 3. The van der Waals surface area contributed by atoms with Crippen LogP contribution in [0.1, 0.15) is 13.8 Å². The zero-order valence-electron chi connectivity index (χ0n) is 10.5. The number of hydrogen-bond donors (Lipinski definition) is 0. The van der Waals surface area contributed by atoms with Gasteiger partial charge in [-0.05, 0) is 19.9 Å². The van der Waals surface area contributed by atoms with Crippen LogP contribution in [-0.2, 0) is 9.53 Å². The highest BCUT2D eigenvalue weighted by atomic mass is 16.6. The van der Waals surface area contributed by atoms with E-state index in [1.165, 1.54) is 25.4 Å². The quantitative estimate of drug-likeness (QED) is 0.447. The average Bonchev–Trinajstić information content (AvgIpc) is 2.35. The fourth-order valence-corrected chi connectivity index (χ4v) is 1.39. The van der Waals surface area contributed by atoms with Gasteiger partial charge in [0.1, 0.15) is 18.6 Å². The molecule has 0 aromatic carbocycles. The Labute approximate surface area is 105 Å². The van der Waals surface area contributed by atoms with Gasteiger partial charge >= 0.3 is 5.97 Å². The minimum absolute atomic E-state index is 0.0260. The molecular weight excluding hydrogens is 238 g/mol. The largest absolute Gasteiger partial charge is 0.468 e. The number of methoxy groups -OCH3 is 1. The number of aromatic nitrogens is 1. The van der Waals surface area contributed by atoms with Crippen LogP contribution < -0.4 is 4.90 Å². The summed E-state index contributed by atoms with van der Waals surface area (Å²) in [6, 6.07) is 2.90. The standard InChI is InChI=1S/C11H15N3O4/c1-8(2)13(7-11(15)18-3)10-5-4-9(6-12-10)14(16)17/h4-6,8H,7H2,1-3H3. The van der Waals surface area contributed by atoms with E-state index in [2.05, 4.69) is 9.72 Å². The van der Waals surface area contributed by atoms with E-state index in [0.29, 0.717) is 5.82 Å². The summed E-state index contributed by atoms with van der Waals surface area (Å²) in [5.41, 5.74) is -0.0828. The molecule has 0 fully saturated rings. The predicted octanol–water partition coefficient (Wildman–Crippen LogP) is 1.38. The molecule has 0 saturated carbocycles. The van der Waals surface area contributed by atoms with Crippen LogP contribution in [0.5, 0.6) is 0 Å². The number of carbonyl (C=O) groups is 1. The Morgan fingerprint density at radius 3 is 2.61 bits per heavy atom. The van der Waals surface area contributed by atoms with Gasteiger partial charge in [-0.3, -0.25) is 14.9 Å². The molecule has 1 aromatic rings. The SMILES string of the molecule is COC(=O)CN(c1ccc([N+](=O)[O-])cn1)C(C)C. The molecule has 0 radical (unpaired) electrons. The van der Waals surface area contributed by atoms with Gasteiger partial charge in [0.25, 0.3) is 5.69 Å². The van der Waals surface area contributed by atoms with Crippen molar-refractivity contribution in [3.05, 3.63) is 28.4 Å². The van der Waals surface area contributed by atoms with Crippen LogP contribution in [0.15, 0.2) is 18.3 Å². The maximum Gasteiger partial charge on any atom is 0.325 e. The predicted molar refractivity (Wildman–Crippen MR) is 65.4 cm³/mol.